The lowest BCUT2D eigenvalue weighted by molar-refractivity contribution is 0.0618. The van der Waals surface area contributed by atoms with Crippen LogP contribution >= 0.6 is 0 Å². The molecular formula is C16H21B6N5O2. The molecule has 3 atom stereocenters. The van der Waals surface area contributed by atoms with Crippen LogP contribution in [-0.2, 0) is 0 Å². The Bertz CT molecular complexity index is 813. The Balaban J connectivity index is 2.56. The van der Waals surface area contributed by atoms with Crippen molar-refractivity contribution in [1.82, 2.24) is 9.97 Å². The number of rotatable bonds is 4. The number of anilines is 2. The van der Waals surface area contributed by atoms with E-state index in [2.05, 4.69) is 20.6 Å². The van der Waals surface area contributed by atoms with Gasteiger partial charge in [-0.05, 0) is 32.6 Å². The summed E-state index contributed by atoms with van der Waals surface area (Å²) >= 11 is 0. The molecule has 7 nitrogen and oxygen atoms in total. The third-order valence-corrected chi connectivity index (χ3v) is 5.40. The fraction of sp³-hybridized carbons (Fsp3) is 0.688. The van der Waals surface area contributed by atoms with Crippen molar-refractivity contribution in [2.75, 3.05) is 10.6 Å². The number of hydrogen-bond donors (Lipinski definition) is 4. The van der Waals surface area contributed by atoms with Crippen molar-refractivity contribution in [3.63, 3.8) is 0 Å². The second-order valence-electron chi connectivity index (χ2n) is 9.03. The van der Waals surface area contributed by atoms with E-state index in [1.165, 1.54) is 13.1 Å². The Labute approximate surface area is 180 Å². The largest absolute Gasteiger partial charge is 0.393 e. The normalized spacial score (nSPS) is 31.0. The van der Waals surface area contributed by atoms with Gasteiger partial charge < -0.3 is 21.5 Å². The predicted octanol–water partition coefficient (Wildman–Crippen LogP) is -0.919. The lowest BCUT2D eigenvalue weighted by Gasteiger charge is -2.69. The minimum atomic E-state index is -2.04. The second kappa shape index (κ2) is 7.03. The van der Waals surface area contributed by atoms with Crippen molar-refractivity contribution in [1.29, 1.82) is 0 Å². The van der Waals surface area contributed by atoms with Crippen LogP contribution in [0.15, 0.2) is 6.20 Å². The number of nitrogens with two attached hydrogens (primary N) is 1. The van der Waals surface area contributed by atoms with E-state index in [9.17, 15) is 9.90 Å². The van der Waals surface area contributed by atoms with Gasteiger partial charge in [-0.15, -0.1) is 5.21 Å². The summed E-state index contributed by atoms with van der Waals surface area (Å²) in [6.45, 7) is 7.13. The maximum atomic E-state index is 11.9. The maximum absolute atomic E-state index is 11.9. The van der Waals surface area contributed by atoms with Crippen molar-refractivity contribution in [2.24, 2.45) is 5.73 Å². The van der Waals surface area contributed by atoms with E-state index in [0.717, 1.165) is 0 Å². The average Bonchev–Trinajstić information content (AvgIpc) is 2.51. The Morgan fingerprint density at radius 3 is 2.24 bits per heavy atom. The smallest absolute Gasteiger partial charge is 0.254 e. The predicted molar refractivity (Wildman–Crippen MR) is 119 cm³/mol. The quantitative estimate of drug-likeness (QED) is 0.503. The van der Waals surface area contributed by atoms with Crippen molar-refractivity contribution in [2.45, 2.75) is 66.9 Å². The monoisotopic (exact) mass is 381 g/mol. The van der Waals surface area contributed by atoms with Gasteiger partial charge in [0.1, 0.15) is 13.7 Å². The van der Waals surface area contributed by atoms with E-state index in [-0.39, 0.29) is 29.3 Å². The van der Waals surface area contributed by atoms with Crippen LogP contribution < -0.4 is 16.4 Å². The summed E-state index contributed by atoms with van der Waals surface area (Å²) in [5, 5.41) is 10.8. The summed E-state index contributed by atoms with van der Waals surface area (Å²) in [6.07, 6.45) is -0.289. The van der Waals surface area contributed by atoms with Crippen molar-refractivity contribution in [3.8, 4) is 0 Å². The van der Waals surface area contributed by atoms with Crippen LogP contribution in [0.4, 0.5) is 11.8 Å². The molecule has 12 radical (unpaired) electrons. The third-order valence-electron chi connectivity index (χ3n) is 5.40. The Hall–Kier alpha value is -1.50. The zero-order valence-electron chi connectivity index (χ0n) is 17.2. The van der Waals surface area contributed by atoms with E-state index in [4.69, 9.17) is 52.8 Å². The highest BCUT2D eigenvalue weighted by Crippen LogP contribution is 2.68. The Morgan fingerprint density at radius 2 is 1.76 bits per heavy atom. The number of nitrogens with zero attached hydrogens (tertiary/aromatic N) is 2. The van der Waals surface area contributed by atoms with Crippen LogP contribution in [0.3, 0.4) is 0 Å². The number of aromatic nitrogens is 2. The van der Waals surface area contributed by atoms with Crippen molar-refractivity contribution in [3.05, 3.63) is 11.8 Å². The first kappa shape index (κ1) is 23.8. The lowest BCUT2D eigenvalue weighted by Crippen LogP contribution is -2.66. The average molecular weight is 380 g/mol. The van der Waals surface area contributed by atoms with Crippen molar-refractivity contribution >= 4 is 64.8 Å². The number of carbonyl (C=O) groups excluding carboxylic acids is 1. The summed E-state index contributed by atoms with van der Waals surface area (Å²) in [4.78, 5) is 20.2. The van der Waals surface area contributed by atoms with Crippen LogP contribution in [0.25, 0.3) is 0 Å². The molecule has 1 aromatic heterocycles. The lowest BCUT2D eigenvalue weighted by atomic mass is 9.13. The molecule has 140 valence electrons. The standard InChI is InChI=1S/C16H21B6N5O2/c1-12(2,3)27-11-24-6-7(9(23)29)10(25-11)26-14(18)5-8(28)13(4,17)15(19,20)16(14,21)22/h6,8,28H,5H2,1-4H3,(H2,23,29)(H2,24,25,26,27). The van der Waals surface area contributed by atoms with Gasteiger partial charge in [0.05, 0.1) is 50.9 Å². The number of hydrogen-bond acceptors (Lipinski definition) is 6. The Kier molecular flexibility index (Phi) is 5.77. The highest BCUT2D eigenvalue weighted by Gasteiger charge is 2.60. The molecule has 29 heavy (non-hydrogen) atoms. The van der Waals surface area contributed by atoms with Gasteiger partial charge in [0.25, 0.3) is 5.91 Å². The molecule has 1 fully saturated rings. The fourth-order valence-corrected chi connectivity index (χ4v) is 3.20. The number of primary amides is 1. The topological polar surface area (TPSA) is 113 Å². The molecule has 1 aliphatic carbocycles. The van der Waals surface area contributed by atoms with Gasteiger partial charge in [0, 0.05) is 11.7 Å². The van der Waals surface area contributed by atoms with Crippen LogP contribution in [0, 0.1) is 0 Å². The van der Waals surface area contributed by atoms with Gasteiger partial charge >= 0.3 is 0 Å². The number of carbonyl (C=O) groups is 1. The molecule has 1 saturated carbocycles. The molecule has 0 saturated heterocycles. The molecule has 5 N–H and O–H groups in total. The van der Waals surface area contributed by atoms with E-state index >= 15 is 0 Å². The second-order valence-corrected chi connectivity index (χ2v) is 9.03. The SMILES string of the molecule is [B]C1(Nc2nc(NC(C)(C)C)ncc2C(N)=O)CC(O)C([B])(C)C([B])([B])C1([B])[B]. The van der Waals surface area contributed by atoms with Gasteiger partial charge in [-0.3, -0.25) is 4.79 Å². The molecule has 1 aromatic rings. The molecule has 1 aliphatic rings. The van der Waals surface area contributed by atoms with Crippen molar-refractivity contribution < 1.29 is 9.90 Å². The minimum absolute atomic E-state index is 0.0503. The van der Waals surface area contributed by atoms with E-state index in [1.54, 1.807) is 0 Å². The molecule has 1 heterocycles. The van der Waals surface area contributed by atoms with E-state index in [0.29, 0.717) is 0 Å². The molecule has 0 bridgehead atoms. The molecule has 13 heteroatoms. The molecule has 3 unspecified atom stereocenters. The fourth-order valence-electron chi connectivity index (χ4n) is 3.20. The zero-order chi connectivity index (χ0) is 22.6. The van der Waals surface area contributed by atoms with Crippen LogP contribution in [0.1, 0.15) is 44.5 Å². The number of aliphatic hydroxyl groups is 1. The van der Waals surface area contributed by atoms with Gasteiger partial charge in [-0.2, -0.15) is 4.98 Å². The summed E-state index contributed by atoms with van der Waals surface area (Å²) in [5.74, 6) is -0.671. The van der Waals surface area contributed by atoms with Crippen LogP contribution in [0.2, 0.25) is 15.7 Å². The van der Waals surface area contributed by atoms with E-state index in [1.807, 2.05) is 20.8 Å². The summed E-state index contributed by atoms with van der Waals surface area (Å²) in [5.41, 5.74) is 3.18. The summed E-state index contributed by atoms with van der Waals surface area (Å²) in [6, 6.07) is 0. The van der Waals surface area contributed by atoms with E-state index < -0.39 is 33.2 Å². The molecule has 0 aromatic carbocycles. The van der Waals surface area contributed by atoms with Crippen LogP contribution in [-0.4, -0.2) is 85.1 Å². The number of amides is 1. The van der Waals surface area contributed by atoms with Gasteiger partial charge in [0.15, 0.2) is 0 Å². The first-order valence-corrected chi connectivity index (χ1v) is 9.00. The molecule has 0 spiro atoms. The zero-order valence-corrected chi connectivity index (χ0v) is 17.2. The number of nitrogens with one attached hydrogen (secondary N) is 2. The van der Waals surface area contributed by atoms with Gasteiger partial charge in [0.2, 0.25) is 5.95 Å². The number of aliphatic hydroxyl groups excluding tert-OH is 1. The van der Waals surface area contributed by atoms with Gasteiger partial charge in [-0.25, -0.2) is 4.98 Å². The highest BCUT2D eigenvalue weighted by molar-refractivity contribution is 6.59. The summed E-state index contributed by atoms with van der Waals surface area (Å²) < 4.78 is 0. The highest BCUT2D eigenvalue weighted by atomic mass is 16.3. The molecule has 0 aliphatic heterocycles. The van der Waals surface area contributed by atoms with Gasteiger partial charge in [-0.1, -0.05) is 17.5 Å². The Morgan fingerprint density at radius 1 is 1.21 bits per heavy atom. The third kappa shape index (κ3) is 3.94. The summed E-state index contributed by atoms with van der Waals surface area (Å²) in [7, 11) is 37.4. The molecular weight excluding hydrogens is 359 g/mol. The van der Waals surface area contributed by atoms with Crippen LogP contribution in [0.5, 0.6) is 0 Å². The first-order chi connectivity index (χ1) is 12.9. The maximum Gasteiger partial charge on any atom is 0.254 e. The minimum Gasteiger partial charge on any atom is -0.393 e. The molecule has 1 amide bonds. The molecule has 2 rings (SSSR count). The first-order valence-electron chi connectivity index (χ1n) is 9.00.